The minimum Gasteiger partial charge on any atom is -0.336 e. The predicted octanol–water partition coefficient (Wildman–Crippen LogP) is 4.21. The van der Waals surface area contributed by atoms with E-state index >= 15 is 0 Å². The van der Waals surface area contributed by atoms with Crippen LogP contribution in [0.1, 0.15) is 56.2 Å². The molecule has 0 spiro atoms. The summed E-state index contributed by atoms with van der Waals surface area (Å²) >= 11 is 3.44. The molecule has 0 aromatic heterocycles. The van der Waals surface area contributed by atoms with Gasteiger partial charge in [-0.3, -0.25) is 4.31 Å². The Labute approximate surface area is 171 Å². The first-order chi connectivity index (χ1) is 13.0. The van der Waals surface area contributed by atoms with Crippen LogP contribution in [0.5, 0.6) is 0 Å². The summed E-state index contributed by atoms with van der Waals surface area (Å²) in [6, 6.07) is 13.4. The standard InChI is InChI=1S/C21H27BrN2O2S/c1-3-4-5-6-9-14-23-21-17-10-7-8-11-19(17)24(2)27(25,26)20-15-16(22)12-13-18(20)21/h7-8,10-13,15,21,23H,3-6,9,14H2,1-2H3/p+1. The van der Waals surface area contributed by atoms with Crippen molar-refractivity contribution in [2.24, 2.45) is 0 Å². The number of quaternary nitrogens is 1. The highest BCUT2D eigenvalue weighted by Gasteiger charge is 2.36. The van der Waals surface area contributed by atoms with Gasteiger partial charge in [-0.2, -0.15) is 0 Å². The lowest BCUT2D eigenvalue weighted by atomic mass is 9.96. The smallest absolute Gasteiger partial charge is 0.264 e. The summed E-state index contributed by atoms with van der Waals surface area (Å²) in [4.78, 5) is 0.391. The molecule has 6 heteroatoms. The van der Waals surface area contributed by atoms with Gasteiger partial charge in [0, 0.05) is 22.6 Å². The van der Waals surface area contributed by atoms with Gasteiger partial charge in [0.05, 0.1) is 17.1 Å². The van der Waals surface area contributed by atoms with E-state index in [4.69, 9.17) is 0 Å². The molecular weight excluding hydrogens is 424 g/mol. The molecule has 1 unspecified atom stereocenters. The second-order valence-corrected chi connectivity index (χ2v) is 9.98. The quantitative estimate of drug-likeness (QED) is 0.640. The lowest BCUT2D eigenvalue weighted by molar-refractivity contribution is -0.687. The first kappa shape index (κ1) is 20.4. The normalized spacial score (nSPS) is 17.9. The molecule has 1 heterocycles. The zero-order valence-corrected chi connectivity index (χ0v) is 18.4. The van der Waals surface area contributed by atoms with Crippen LogP contribution in [0.15, 0.2) is 51.8 Å². The first-order valence-electron chi connectivity index (χ1n) is 9.67. The van der Waals surface area contributed by atoms with Gasteiger partial charge in [-0.15, -0.1) is 0 Å². The highest BCUT2D eigenvalue weighted by Crippen LogP contribution is 2.39. The number of anilines is 1. The number of para-hydroxylation sites is 1. The van der Waals surface area contributed by atoms with E-state index < -0.39 is 10.0 Å². The molecule has 0 radical (unpaired) electrons. The molecule has 0 saturated carbocycles. The van der Waals surface area contributed by atoms with Crippen molar-refractivity contribution in [3.63, 3.8) is 0 Å². The molecule has 0 amide bonds. The van der Waals surface area contributed by atoms with Gasteiger partial charge in [0.1, 0.15) is 6.04 Å². The topological polar surface area (TPSA) is 54.0 Å². The van der Waals surface area contributed by atoms with Gasteiger partial charge in [0.25, 0.3) is 10.0 Å². The summed E-state index contributed by atoms with van der Waals surface area (Å²) in [5.41, 5.74) is 2.68. The maximum Gasteiger partial charge on any atom is 0.264 e. The van der Waals surface area contributed by atoms with E-state index in [2.05, 4.69) is 34.2 Å². The van der Waals surface area contributed by atoms with Crippen molar-refractivity contribution in [2.45, 2.75) is 50.0 Å². The van der Waals surface area contributed by atoms with Crippen molar-refractivity contribution >= 4 is 31.6 Å². The Balaban J connectivity index is 1.98. The van der Waals surface area contributed by atoms with Crippen LogP contribution in [-0.2, 0) is 10.0 Å². The number of rotatable bonds is 7. The van der Waals surface area contributed by atoms with Crippen molar-refractivity contribution in [3.05, 3.63) is 58.1 Å². The number of sulfonamides is 1. The van der Waals surface area contributed by atoms with Crippen LogP contribution in [0.4, 0.5) is 5.69 Å². The highest BCUT2D eigenvalue weighted by atomic mass is 79.9. The van der Waals surface area contributed by atoms with E-state index in [0.29, 0.717) is 4.90 Å². The van der Waals surface area contributed by atoms with Crippen molar-refractivity contribution < 1.29 is 13.7 Å². The van der Waals surface area contributed by atoms with Crippen molar-refractivity contribution in [2.75, 3.05) is 17.9 Å². The van der Waals surface area contributed by atoms with E-state index in [0.717, 1.165) is 34.3 Å². The number of fused-ring (bicyclic) bond motifs is 2. The summed E-state index contributed by atoms with van der Waals surface area (Å²) < 4.78 is 28.6. The third-order valence-corrected chi connectivity index (χ3v) is 7.59. The highest BCUT2D eigenvalue weighted by molar-refractivity contribution is 9.10. The molecule has 0 aliphatic carbocycles. The van der Waals surface area contributed by atoms with E-state index in [1.165, 1.54) is 30.0 Å². The summed E-state index contributed by atoms with van der Waals surface area (Å²) in [7, 11) is -1.94. The summed E-state index contributed by atoms with van der Waals surface area (Å²) in [6.07, 6.45) is 6.17. The molecule has 1 atom stereocenters. The number of benzene rings is 2. The van der Waals surface area contributed by atoms with Crippen molar-refractivity contribution in [1.29, 1.82) is 0 Å². The van der Waals surface area contributed by atoms with E-state index in [1.807, 2.05) is 30.3 Å². The Hall–Kier alpha value is -1.37. The number of halogens is 1. The SMILES string of the molecule is CCCCCCC[NH2+]C1c2ccccc2N(C)S(=O)(=O)c2cc(Br)ccc21. The van der Waals surface area contributed by atoms with E-state index in [9.17, 15) is 8.42 Å². The fourth-order valence-electron chi connectivity index (χ4n) is 3.76. The van der Waals surface area contributed by atoms with Crippen molar-refractivity contribution in [1.82, 2.24) is 0 Å². The first-order valence-corrected chi connectivity index (χ1v) is 11.9. The molecule has 2 aromatic rings. The molecular formula is C21H28BrN2O2S+. The monoisotopic (exact) mass is 451 g/mol. The number of hydrogen-bond donors (Lipinski definition) is 1. The maximum absolute atomic E-state index is 13.2. The Morgan fingerprint density at radius 3 is 2.56 bits per heavy atom. The number of nitrogens with zero attached hydrogens (tertiary/aromatic N) is 1. The van der Waals surface area contributed by atoms with Gasteiger partial charge in [-0.1, -0.05) is 66.4 Å². The Kier molecular flexibility index (Phi) is 6.61. The fourth-order valence-corrected chi connectivity index (χ4v) is 5.76. The third kappa shape index (κ3) is 4.23. The molecule has 2 N–H and O–H groups in total. The van der Waals surface area contributed by atoms with E-state index in [-0.39, 0.29) is 6.04 Å². The summed E-state index contributed by atoms with van der Waals surface area (Å²) in [5, 5.41) is 2.30. The van der Waals surface area contributed by atoms with Crippen LogP contribution in [0.3, 0.4) is 0 Å². The number of hydrogen-bond acceptors (Lipinski definition) is 2. The van der Waals surface area contributed by atoms with Crippen LogP contribution >= 0.6 is 15.9 Å². The largest absolute Gasteiger partial charge is 0.336 e. The lowest BCUT2D eigenvalue weighted by Gasteiger charge is -2.20. The second kappa shape index (κ2) is 8.76. The fraction of sp³-hybridized carbons (Fsp3) is 0.429. The summed E-state index contributed by atoms with van der Waals surface area (Å²) in [5.74, 6) is 0. The molecule has 0 saturated heterocycles. The molecule has 0 bridgehead atoms. The average Bonchev–Trinajstić information content (AvgIpc) is 2.73. The van der Waals surface area contributed by atoms with Gasteiger partial charge in [-0.25, -0.2) is 8.42 Å². The lowest BCUT2D eigenvalue weighted by Crippen LogP contribution is -2.85. The molecule has 4 nitrogen and oxygen atoms in total. The van der Waals surface area contributed by atoms with Gasteiger partial charge in [-0.05, 0) is 31.0 Å². The molecule has 3 rings (SSSR count). The molecule has 0 fully saturated rings. The van der Waals surface area contributed by atoms with Gasteiger partial charge >= 0.3 is 0 Å². The van der Waals surface area contributed by atoms with Crippen LogP contribution in [0.25, 0.3) is 0 Å². The van der Waals surface area contributed by atoms with Gasteiger partial charge in [0.2, 0.25) is 0 Å². The van der Waals surface area contributed by atoms with Gasteiger partial charge in [0.15, 0.2) is 0 Å². The molecule has 2 aromatic carbocycles. The predicted molar refractivity (Wildman–Crippen MR) is 114 cm³/mol. The minimum absolute atomic E-state index is 0.0183. The van der Waals surface area contributed by atoms with Crippen LogP contribution in [0, 0.1) is 0 Å². The Morgan fingerprint density at radius 1 is 1.04 bits per heavy atom. The average molecular weight is 452 g/mol. The number of nitrogens with two attached hydrogens (primary N) is 1. The molecule has 146 valence electrons. The third-order valence-electron chi connectivity index (χ3n) is 5.27. The Bertz CT molecular complexity index is 899. The Morgan fingerprint density at radius 2 is 1.78 bits per heavy atom. The van der Waals surface area contributed by atoms with E-state index in [1.54, 1.807) is 13.1 Å². The molecule has 27 heavy (non-hydrogen) atoms. The second-order valence-electron chi connectivity index (χ2n) is 7.13. The zero-order valence-electron chi connectivity index (χ0n) is 16.0. The maximum atomic E-state index is 13.2. The van der Waals surface area contributed by atoms with Crippen LogP contribution in [0.2, 0.25) is 0 Å². The molecule has 1 aliphatic heterocycles. The minimum atomic E-state index is -3.59. The van der Waals surface area contributed by atoms with Crippen LogP contribution < -0.4 is 9.62 Å². The number of unbranched alkanes of at least 4 members (excludes halogenated alkanes) is 4. The van der Waals surface area contributed by atoms with Crippen molar-refractivity contribution in [3.8, 4) is 0 Å². The van der Waals surface area contributed by atoms with Crippen LogP contribution in [-0.4, -0.2) is 22.0 Å². The summed E-state index contributed by atoms with van der Waals surface area (Å²) in [6.45, 7) is 3.21. The molecule has 1 aliphatic rings. The zero-order chi connectivity index (χ0) is 19.4. The van der Waals surface area contributed by atoms with Gasteiger partial charge < -0.3 is 5.32 Å².